The topological polar surface area (TPSA) is 24.9 Å². The maximum Gasteiger partial charge on any atom is 0.418 e. The van der Waals surface area contributed by atoms with Crippen LogP contribution in [0.5, 0.6) is 0 Å². The van der Waals surface area contributed by atoms with Gasteiger partial charge in [-0.1, -0.05) is 0 Å². The van der Waals surface area contributed by atoms with E-state index in [2.05, 4.69) is 10.3 Å². The van der Waals surface area contributed by atoms with Crippen LogP contribution in [0, 0.1) is 6.20 Å². The molecule has 1 radical (unpaired) electrons. The molecular formula is C7H6F3N2. The zero-order valence-corrected chi connectivity index (χ0v) is 6.24. The Labute approximate surface area is 67.4 Å². The summed E-state index contributed by atoms with van der Waals surface area (Å²) in [6.07, 6.45) is -2.47. The number of halogens is 3. The summed E-state index contributed by atoms with van der Waals surface area (Å²) >= 11 is 0. The lowest BCUT2D eigenvalue weighted by molar-refractivity contribution is -0.138. The van der Waals surface area contributed by atoms with E-state index in [0.29, 0.717) is 5.82 Å². The summed E-state index contributed by atoms with van der Waals surface area (Å²) in [6, 6.07) is 2.18. The Balaban J connectivity index is 2.93. The van der Waals surface area contributed by atoms with Gasteiger partial charge in [0.25, 0.3) is 0 Å². The van der Waals surface area contributed by atoms with E-state index in [4.69, 9.17) is 0 Å². The molecule has 1 aromatic heterocycles. The number of hydrogen-bond donors (Lipinski definition) is 1. The first-order valence-corrected chi connectivity index (χ1v) is 3.17. The molecule has 65 valence electrons. The zero-order chi connectivity index (χ0) is 9.19. The van der Waals surface area contributed by atoms with Crippen molar-refractivity contribution >= 4 is 5.82 Å². The van der Waals surface area contributed by atoms with Crippen molar-refractivity contribution in [3.05, 3.63) is 23.9 Å². The van der Waals surface area contributed by atoms with Crippen molar-refractivity contribution < 1.29 is 13.2 Å². The molecule has 0 bridgehead atoms. The second kappa shape index (κ2) is 3.00. The molecule has 0 unspecified atom stereocenters. The summed E-state index contributed by atoms with van der Waals surface area (Å²) in [7, 11) is 1.57. The van der Waals surface area contributed by atoms with Gasteiger partial charge in [-0.15, -0.1) is 0 Å². The number of nitrogens with one attached hydrogen (secondary N) is 1. The van der Waals surface area contributed by atoms with Crippen molar-refractivity contribution in [3.8, 4) is 0 Å². The normalized spacial score (nSPS) is 11.3. The Hall–Kier alpha value is -1.26. The van der Waals surface area contributed by atoms with Crippen molar-refractivity contribution in [3.63, 3.8) is 0 Å². The SMILES string of the molecule is CNc1ccc(C(F)(F)F)[c]n1. The van der Waals surface area contributed by atoms with Crippen LogP contribution in [0.15, 0.2) is 12.1 Å². The lowest BCUT2D eigenvalue weighted by Gasteiger charge is -2.05. The van der Waals surface area contributed by atoms with E-state index in [9.17, 15) is 13.2 Å². The first-order valence-electron chi connectivity index (χ1n) is 3.17. The molecule has 0 aliphatic rings. The predicted octanol–water partition coefficient (Wildman–Crippen LogP) is 1.94. The van der Waals surface area contributed by atoms with Crippen molar-refractivity contribution in [2.75, 3.05) is 12.4 Å². The molecular weight excluding hydrogens is 169 g/mol. The average Bonchev–Trinajstić information content (AvgIpc) is 2.03. The van der Waals surface area contributed by atoms with Crippen molar-refractivity contribution in [1.29, 1.82) is 0 Å². The molecule has 1 rings (SSSR count). The minimum Gasteiger partial charge on any atom is -0.373 e. The van der Waals surface area contributed by atoms with E-state index in [0.717, 1.165) is 6.07 Å². The standard InChI is InChI=1S/C7H6F3N2/c1-11-6-3-2-5(4-12-6)7(8,9)10/h2-3H,1H3,(H,11,12). The summed E-state index contributed by atoms with van der Waals surface area (Å²) in [5.74, 6) is 0.364. The fourth-order valence-corrected chi connectivity index (χ4v) is 0.654. The predicted molar refractivity (Wildman–Crippen MR) is 37.6 cm³/mol. The molecule has 0 atom stereocenters. The Morgan fingerprint density at radius 2 is 2.08 bits per heavy atom. The van der Waals surface area contributed by atoms with Crippen LogP contribution in [0.3, 0.4) is 0 Å². The fraction of sp³-hybridized carbons (Fsp3) is 0.286. The third kappa shape index (κ3) is 1.87. The van der Waals surface area contributed by atoms with Crippen LogP contribution >= 0.6 is 0 Å². The quantitative estimate of drug-likeness (QED) is 0.705. The molecule has 0 fully saturated rings. The maximum atomic E-state index is 11.9. The molecule has 1 heterocycles. The highest BCUT2D eigenvalue weighted by atomic mass is 19.4. The van der Waals surface area contributed by atoms with Gasteiger partial charge >= 0.3 is 6.18 Å². The third-order valence-electron chi connectivity index (χ3n) is 1.27. The molecule has 1 aromatic rings. The Morgan fingerprint density at radius 1 is 1.42 bits per heavy atom. The Kier molecular flexibility index (Phi) is 2.21. The molecule has 12 heavy (non-hydrogen) atoms. The lowest BCUT2D eigenvalue weighted by Crippen LogP contribution is -2.06. The second-order valence-corrected chi connectivity index (χ2v) is 2.10. The van der Waals surface area contributed by atoms with Crippen LogP contribution in [0.2, 0.25) is 0 Å². The van der Waals surface area contributed by atoms with Gasteiger partial charge in [0.05, 0.1) is 5.56 Å². The number of aromatic nitrogens is 1. The van der Waals surface area contributed by atoms with Gasteiger partial charge < -0.3 is 5.32 Å². The van der Waals surface area contributed by atoms with E-state index >= 15 is 0 Å². The van der Waals surface area contributed by atoms with Gasteiger partial charge in [-0.05, 0) is 12.1 Å². The van der Waals surface area contributed by atoms with Crippen molar-refractivity contribution in [1.82, 2.24) is 4.98 Å². The molecule has 5 heteroatoms. The molecule has 1 N–H and O–H groups in total. The molecule has 0 aromatic carbocycles. The van der Waals surface area contributed by atoms with Crippen LogP contribution < -0.4 is 5.32 Å². The highest BCUT2D eigenvalue weighted by Gasteiger charge is 2.30. The van der Waals surface area contributed by atoms with Gasteiger partial charge in [0.2, 0.25) is 0 Å². The first kappa shape index (κ1) is 8.83. The highest BCUT2D eigenvalue weighted by molar-refractivity contribution is 5.34. The van der Waals surface area contributed by atoms with Crippen LogP contribution in [0.25, 0.3) is 0 Å². The first-order chi connectivity index (χ1) is 5.54. The van der Waals surface area contributed by atoms with E-state index < -0.39 is 11.7 Å². The highest BCUT2D eigenvalue weighted by Crippen LogP contribution is 2.28. The molecule has 0 amide bonds. The summed E-state index contributed by atoms with van der Waals surface area (Å²) in [5, 5.41) is 2.60. The molecule has 2 nitrogen and oxygen atoms in total. The third-order valence-corrected chi connectivity index (χ3v) is 1.27. The number of rotatable bonds is 1. The number of hydrogen-bond acceptors (Lipinski definition) is 2. The van der Waals surface area contributed by atoms with E-state index in [1.807, 2.05) is 6.20 Å². The van der Waals surface area contributed by atoms with Gasteiger partial charge in [-0.25, -0.2) is 4.98 Å². The summed E-state index contributed by atoms with van der Waals surface area (Å²) in [4.78, 5) is 3.41. The molecule has 0 aliphatic heterocycles. The lowest BCUT2D eigenvalue weighted by atomic mass is 10.3. The number of alkyl halides is 3. The van der Waals surface area contributed by atoms with Crippen molar-refractivity contribution in [2.45, 2.75) is 6.18 Å². The fourth-order valence-electron chi connectivity index (χ4n) is 0.654. The second-order valence-electron chi connectivity index (χ2n) is 2.10. The number of nitrogens with zero attached hydrogens (tertiary/aromatic N) is 1. The van der Waals surface area contributed by atoms with Gasteiger partial charge in [0.15, 0.2) is 0 Å². The van der Waals surface area contributed by atoms with Gasteiger partial charge in [0, 0.05) is 7.05 Å². The monoisotopic (exact) mass is 175 g/mol. The van der Waals surface area contributed by atoms with E-state index in [1.165, 1.54) is 6.07 Å². The maximum absolute atomic E-state index is 11.9. The summed E-state index contributed by atoms with van der Waals surface area (Å²) < 4.78 is 35.8. The largest absolute Gasteiger partial charge is 0.418 e. The summed E-state index contributed by atoms with van der Waals surface area (Å²) in [6.45, 7) is 0. The van der Waals surface area contributed by atoms with E-state index in [-0.39, 0.29) is 0 Å². The van der Waals surface area contributed by atoms with Gasteiger partial charge in [0.1, 0.15) is 12.0 Å². The Morgan fingerprint density at radius 3 is 2.42 bits per heavy atom. The van der Waals surface area contributed by atoms with Crippen molar-refractivity contribution in [2.24, 2.45) is 0 Å². The van der Waals surface area contributed by atoms with Crippen LogP contribution in [-0.2, 0) is 6.18 Å². The van der Waals surface area contributed by atoms with Crippen LogP contribution in [0.1, 0.15) is 5.56 Å². The summed E-state index contributed by atoms with van der Waals surface area (Å²) in [5.41, 5.74) is -0.860. The van der Waals surface area contributed by atoms with Gasteiger partial charge in [-0.3, -0.25) is 0 Å². The minimum atomic E-state index is -4.36. The number of anilines is 1. The van der Waals surface area contributed by atoms with E-state index in [1.54, 1.807) is 7.05 Å². The van der Waals surface area contributed by atoms with Crippen LogP contribution in [0.4, 0.5) is 19.0 Å². The van der Waals surface area contributed by atoms with Crippen LogP contribution in [-0.4, -0.2) is 12.0 Å². The molecule has 0 saturated carbocycles. The molecule has 0 spiro atoms. The minimum absolute atomic E-state index is 0.364. The molecule has 0 saturated heterocycles. The smallest absolute Gasteiger partial charge is 0.373 e. The molecule has 0 aliphatic carbocycles. The average molecular weight is 175 g/mol. The van der Waals surface area contributed by atoms with Gasteiger partial charge in [-0.2, -0.15) is 13.2 Å². The Bertz CT molecular complexity index is 252. The number of pyridine rings is 1. The zero-order valence-electron chi connectivity index (χ0n) is 6.24.